The molecule has 0 aromatic heterocycles. The summed E-state index contributed by atoms with van der Waals surface area (Å²) in [5, 5.41) is 8.96. The van der Waals surface area contributed by atoms with Gasteiger partial charge in [-0.25, -0.2) is 0 Å². The maximum absolute atomic E-state index is 13.3. The predicted molar refractivity (Wildman–Crippen MR) is 109 cm³/mol. The lowest BCUT2D eigenvalue weighted by Gasteiger charge is -2.25. The lowest BCUT2D eigenvalue weighted by Crippen LogP contribution is -2.37. The summed E-state index contributed by atoms with van der Waals surface area (Å²) in [5.74, 6) is -0.381. The molecule has 1 N–H and O–H groups in total. The van der Waals surface area contributed by atoms with Gasteiger partial charge in [-0.3, -0.25) is 9.10 Å². The topological polar surface area (TPSA) is 68.6 Å². The van der Waals surface area contributed by atoms with Gasteiger partial charge in [0.25, 0.3) is 5.91 Å². The molecule has 1 aromatic rings. The first kappa shape index (κ1) is 21.2. The molecule has 1 aromatic carbocycles. The van der Waals surface area contributed by atoms with Crippen molar-refractivity contribution in [3.05, 3.63) is 65.1 Å². The third-order valence-corrected chi connectivity index (χ3v) is 6.05. The van der Waals surface area contributed by atoms with Gasteiger partial charge in [0, 0.05) is 30.9 Å². The second-order valence-electron chi connectivity index (χ2n) is 8.10. The normalized spacial score (nSPS) is 21.9. The molecule has 1 fully saturated rings. The quantitative estimate of drug-likeness (QED) is 0.704. The molecule has 0 aliphatic carbocycles. The summed E-state index contributed by atoms with van der Waals surface area (Å²) in [6.07, 6.45) is 1.95. The summed E-state index contributed by atoms with van der Waals surface area (Å²) in [6.45, 7) is 4.45. The van der Waals surface area contributed by atoms with E-state index in [1.54, 1.807) is 11.0 Å². The van der Waals surface area contributed by atoms with Crippen LogP contribution in [0.5, 0.6) is 5.75 Å². The van der Waals surface area contributed by atoms with Gasteiger partial charge in [-0.2, -0.15) is 18.4 Å². The number of hydrogen-bond donors (Lipinski definition) is 1. The van der Waals surface area contributed by atoms with Gasteiger partial charge >= 0.3 is 6.18 Å². The Morgan fingerprint density at radius 2 is 2.16 bits per heavy atom. The van der Waals surface area contributed by atoms with E-state index < -0.39 is 28.8 Å². The number of allylic oxidation sites excluding steroid dienone is 2. The number of amides is 1. The third kappa shape index (κ3) is 3.97. The van der Waals surface area contributed by atoms with Gasteiger partial charge in [0.1, 0.15) is 5.75 Å². The number of fused-ring (bicyclic) bond motifs is 1. The summed E-state index contributed by atoms with van der Waals surface area (Å²) in [5.41, 5.74) is -0.292. The van der Waals surface area contributed by atoms with Crippen LogP contribution in [0.3, 0.4) is 0 Å². The maximum Gasteiger partial charge on any atom is 0.417 e. The highest BCUT2D eigenvalue weighted by molar-refractivity contribution is 7.95. The molecule has 0 bridgehead atoms. The number of hydrogen-bond acceptors (Lipinski definition) is 6. The lowest BCUT2D eigenvalue weighted by molar-refractivity contribution is -0.138. The molecule has 162 valence electrons. The first-order chi connectivity index (χ1) is 14.6. The van der Waals surface area contributed by atoms with Crippen molar-refractivity contribution in [3.8, 4) is 11.8 Å². The number of carbonyl (C=O) groups is 1. The van der Waals surface area contributed by atoms with E-state index in [9.17, 15) is 18.0 Å². The molecule has 3 heterocycles. The Balaban J connectivity index is 1.55. The average molecular weight is 448 g/mol. The fraction of sp³-hybridized carbons (Fsp3) is 0.333. The summed E-state index contributed by atoms with van der Waals surface area (Å²) in [7, 11) is 0. The number of nitriles is 1. The highest BCUT2D eigenvalue weighted by atomic mass is 32.2. The van der Waals surface area contributed by atoms with E-state index in [1.165, 1.54) is 18.2 Å². The second-order valence-corrected chi connectivity index (χ2v) is 8.91. The zero-order valence-corrected chi connectivity index (χ0v) is 17.5. The fourth-order valence-electron chi connectivity index (χ4n) is 3.82. The molecule has 1 atom stereocenters. The molecule has 0 saturated carbocycles. The van der Waals surface area contributed by atoms with Crippen LogP contribution < -0.4 is 9.46 Å². The zero-order valence-electron chi connectivity index (χ0n) is 16.7. The summed E-state index contributed by atoms with van der Waals surface area (Å²) in [4.78, 5) is 14.8. The van der Waals surface area contributed by atoms with Crippen molar-refractivity contribution in [3.63, 3.8) is 0 Å². The highest BCUT2D eigenvalue weighted by Crippen LogP contribution is 2.39. The molecular weight excluding hydrogens is 429 g/mol. The van der Waals surface area contributed by atoms with Crippen LogP contribution in [0.1, 0.15) is 25.0 Å². The van der Waals surface area contributed by atoms with Crippen LogP contribution in [-0.4, -0.2) is 34.3 Å². The van der Waals surface area contributed by atoms with Crippen molar-refractivity contribution in [2.75, 3.05) is 13.1 Å². The van der Waals surface area contributed by atoms with Gasteiger partial charge in [0.05, 0.1) is 35.0 Å². The van der Waals surface area contributed by atoms with E-state index in [2.05, 4.69) is 4.72 Å². The molecule has 3 aliphatic rings. The monoisotopic (exact) mass is 448 g/mol. The Labute approximate surface area is 181 Å². The number of likely N-dealkylation sites (tertiary alicyclic amines) is 1. The smallest absolute Gasteiger partial charge is 0.417 e. The highest BCUT2D eigenvalue weighted by Gasteiger charge is 2.48. The molecule has 0 radical (unpaired) electrons. The first-order valence-electron chi connectivity index (χ1n) is 9.46. The van der Waals surface area contributed by atoms with Gasteiger partial charge in [0.2, 0.25) is 0 Å². The minimum Gasteiger partial charge on any atom is -0.480 e. The number of nitrogens with zero attached hydrogens (tertiary/aromatic N) is 3. The van der Waals surface area contributed by atoms with E-state index in [-0.39, 0.29) is 11.7 Å². The van der Waals surface area contributed by atoms with Crippen molar-refractivity contribution in [1.82, 2.24) is 13.9 Å². The van der Waals surface area contributed by atoms with E-state index in [0.29, 0.717) is 13.1 Å². The Kier molecular flexibility index (Phi) is 5.17. The van der Waals surface area contributed by atoms with Crippen LogP contribution >= 0.6 is 12.1 Å². The third-order valence-electron chi connectivity index (χ3n) is 5.31. The predicted octanol–water partition coefficient (Wildman–Crippen LogP) is 3.96. The van der Waals surface area contributed by atoms with Crippen molar-refractivity contribution in [2.24, 2.45) is 5.41 Å². The zero-order chi connectivity index (χ0) is 22.4. The molecule has 31 heavy (non-hydrogen) atoms. The van der Waals surface area contributed by atoms with Crippen LogP contribution in [-0.2, 0) is 11.0 Å². The first-order valence-corrected chi connectivity index (χ1v) is 10.2. The maximum atomic E-state index is 13.3. The minimum atomic E-state index is -4.69. The van der Waals surface area contributed by atoms with E-state index >= 15 is 0 Å². The Morgan fingerprint density at radius 1 is 1.39 bits per heavy atom. The molecule has 0 spiro atoms. The average Bonchev–Trinajstić information content (AvgIpc) is 3.26. The number of alkyl halides is 3. The number of halogens is 3. The second kappa shape index (κ2) is 7.57. The Bertz CT molecular complexity index is 1060. The summed E-state index contributed by atoms with van der Waals surface area (Å²) >= 11 is 1.42. The van der Waals surface area contributed by atoms with Crippen LogP contribution in [0.2, 0.25) is 0 Å². The lowest BCUT2D eigenvalue weighted by atomic mass is 9.89. The molecule has 6 nitrogen and oxygen atoms in total. The molecule has 3 aliphatic heterocycles. The number of carbonyl (C=O) groups excluding carboxylic acids is 1. The molecule has 1 amide bonds. The largest absolute Gasteiger partial charge is 0.480 e. The van der Waals surface area contributed by atoms with Gasteiger partial charge in [-0.1, -0.05) is 19.9 Å². The Hall–Kier alpha value is -3.06. The van der Waals surface area contributed by atoms with E-state index in [1.807, 2.05) is 42.7 Å². The van der Waals surface area contributed by atoms with Gasteiger partial charge in [-0.15, -0.1) is 0 Å². The molecule has 1 unspecified atom stereocenters. The summed E-state index contributed by atoms with van der Waals surface area (Å²) < 4.78 is 50.6. The summed E-state index contributed by atoms with van der Waals surface area (Å²) in [6, 6.07) is 4.67. The standard InChI is InChI=1S/C21H19F3N4O2S/c1-20(2)12-27(11-14-4-3-7-28-17(14)10-26-31-28)19(29)18(20)30-15-6-5-13(9-25)16(8-15)21(22,23)24/h3-8,10,18,26H,11-12H2,1-2H3. The fourth-order valence-corrected chi connectivity index (χ4v) is 4.50. The van der Waals surface area contributed by atoms with Crippen molar-refractivity contribution in [1.29, 1.82) is 5.26 Å². The minimum absolute atomic E-state index is 0.0929. The number of benzene rings is 1. The van der Waals surface area contributed by atoms with Crippen molar-refractivity contribution < 1.29 is 22.7 Å². The molecule has 1 saturated heterocycles. The molecule has 10 heteroatoms. The molecule has 4 rings (SSSR count). The van der Waals surface area contributed by atoms with Gasteiger partial charge in [0.15, 0.2) is 6.10 Å². The number of nitrogens with one attached hydrogen (secondary N) is 1. The van der Waals surface area contributed by atoms with Gasteiger partial charge < -0.3 is 14.4 Å². The van der Waals surface area contributed by atoms with Crippen LogP contribution in [0.25, 0.3) is 0 Å². The van der Waals surface area contributed by atoms with Gasteiger partial charge in [-0.05, 0) is 29.8 Å². The van der Waals surface area contributed by atoms with Crippen LogP contribution in [0.15, 0.2) is 54.0 Å². The number of rotatable bonds is 4. The molecular formula is C21H19F3N4O2S. The van der Waals surface area contributed by atoms with E-state index in [4.69, 9.17) is 10.00 Å². The van der Waals surface area contributed by atoms with Crippen LogP contribution in [0.4, 0.5) is 13.2 Å². The number of ether oxygens (including phenoxy) is 1. The van der Waals surface area contributed by atoms with E-state index in [0.717, 1.165) is 23.4 Å². The van der Waals surface area contributed by atoms with Crippen molar-refractivity contribution >= 4 is 18.0 Å². The van der Waals surface area contributed by atoms with Crippen LogP contribution in [0, 0.1) is 16.7 Å². The SMILES string of the molecule is CC1(C)CN(CC2=CC=CN3SNC=C23)C(=O)C1Oc1ccc(C#N)c(C(F)(F)F)c1. The Morgan fingerprint density at radius 3 is 2.87 bits per heavy atom. The van der Waals surface area contributed by atoms with Crippen molar-refractivity contribution in [2.45, 2.75) is 26.1 Å².